The van der Waals surface area contributed by atoms with E-state index in [0.29, 0.717) is 0 Å². The number of nitrogens with zero attached hydrogens (tertiary/aromatic N) is 4. The van der Waals surface area contributed by atoms with E-state index in [1.54, 1.807) is 24.3 Å². The molecule has 10 heteroatoms. The summed E-state index contributed by atoms with van der Waals surface area (Å²) in [5.74, 6) is 0. The summed E-state index contributed by atoms with van der Waals surface area (Å²) in [7, 11) is 8.80. The van der Waals surface area contributed by atoms with Gasteiger partial charge in [-0.3, -0.25) is 20.2 Å². The summed E-state index contributed by atoms with van der Waals surface area (Å²) in [6.45, 7) is 3.85. The summed E-state index contributed by atoms with van der Waals surface area (Å²) < 4.78 is 1.72. The Kier molecular flexibility index (Phi) is 13.7. The van der Waals surface area contributed by atoms with Crippen molar-refractivity contribution in [3.05, 3.63) is 79.9 Å². The summed E-state index contributed by atoms with van der Waals surface area (Å²) >= 11 is 0. The molecule has 0 aromatic heterocycles. The number of rotatable bonds is 13. The first-order chi connectivity index (χ1) is 15.0. The summed E-state index contributed by atoms with van der Waals surface area (Å²) in [5.41, 5.74) is 2.50. The van der Waals surface area contributed by atoms with Crippen LogP contribution in [0.4, 0.5) is 11.4 Å². The molecule has 0 saturated heterocycles. The van der Waals surface area contributed by atoms with Crippen LogP contribution >= 0.6 is 0 Å². The van der Waals surface area contributed by atoms with Crippen molar-refractivity contribution < 1.29 is 52.8 Å². The molecule has 0 aliphatic rings. The van der Waals surface area contributed by atoms with E-state index in [4.69, 9.17) is 0 Å². The largest absolute Gasteiger partial charge is 1.00 e. The molecule has 0 aliphatic heterocycles. The molecule has 0 bridgehead atoms. The molecule has 0 atom stereocenters. The van der Waals surface area contributed by atoms with Crippen molar-refractivity contribution in [2.24, 2.45) is 0 Å². The topological polar surface area (TPSA) is 86.3 Å². The molecule has 2 rings (SSSR count). The number of nitro groups is 2. The van der Waals surface area contributed by atoms with Gasteiger partial charge < -0.3 is 42.9 Å². The zero-order valence-electron chi connectivity index (χ0n) is 20.5. The minimum absolute atomic E-state index is 0. The quantitative estimate of drug-likeness (QED) is 0.126. The van der Waals surface area contributed by atoms with Crippen LogP contribution < -0.4 is 34.0 Å². The van der Waals surface area contributed by atoms with E-state index in [1.807, 2.05) is 24.3 Å². The molecule has 0 unspecified atom stereocenters. The fourth-order valence-corrected chi connectivity index (χ4v) is 4.03. The molecule has 0 aliphatic carbocycles. The Morgan fingerprint density at radius 2 is 0.882 bits per heavy atom. The lowest BCUT2D eigenvalue weighted by Crippen LogP contribution is -3.00. The standard InChI is InChI=1S/C24H36N4O4.2BrH/c1-27(2,19-21-9-13-23(14-10-21)25(29)30)17-7-5-6-8-18-28(3,4)20-22-11-15-24(16-12-22)26(31)32;;/h9-16H,5-8,17-20H2,1-4H3;2*1H/q+2;;/p-2. The second-order valence-electron chi connectivity index (χ2n) is 9.90. The third kappa shape index (κ3) is 11.5. The maximum absolute atomic E-state index is 10.8. The molecular weight excluding hydrogens is 568 g/mol. The first-order valence-corrected chi connectivity index (χ1v) is 11.1. The van der Waals surface area contributed by atoms with Crippen LogP contribution in [-0.4, -0.2) is 60.1 Å². The highest BCUT2D eigenvalue weighted by atomic mass is 79.9. The Bertz CT molecular complexity index is 829. The predicted octanol–water partition coefficient (Wildman–Crippen LogP) is -1.08. The Hall–Kier alpha value is -1.88. The summed E-state index contributed by atoms with van der Waals surface area (Å²) in [6, 6.07) is 13.7. The van der Waals surface area contributed by atoms with Gasteiger partial charge >= 0.3 is 0 Å². The van der Waals surface area contributed by atoms with Gasteiger partial charge in [0, 0.05) is 35.4 Å². The number of hydrogen-bond donors (Lipinski definition) is 0. The smallest absolute Gasteiger partial charge is 0.269 e. The van der Waals surface area contributed by atoms with Gasteiger partial charge in [-0.1, -0.05) is 0 Å². The number of non-ortho nitro benzene ring substituents is 2. The van der Waals surface area contributed by atoms with Gasteiger partial charge in [-0.05, 0) is 49.9 Å². The van der Waals surface area contributed by atoms with Crippen molar-refractivity contribution in [2.75, 3.05) is 41.3 Å². The second kappa shape index (κ2) is 14.5. The van der Waals surface area contributed by atoms with Crippen LogP contribution in [-0.2, 0) is 13.1 Å². The van der Waals surface area contributed by atoms with Crippen LogP contribution in [0.2, 0.25) is 0 Å². The predicted molar refractivity (Wildman–Crippen MR) is 126 cm³/mol. The van der Waals surface area contributed by atoms with Gasteiger partial charge in [-0.25, -0.2) is 0 Å². The van der Waals surface area contributed by atoms with E-state index in [2.05, 4.69) is 28.2 Å². The second-order valence-corrected chi connectivity index (χ2v) is 9.90. The fourth-order valence-electron chi connectivity index (χ4n) is 4.03. The Morgan fingerprint density at radius 3 is 1.15 bits per heavy atom. The van der Waals surface area contributed by atoms with Crippen LogP contribution in [0, 0.1) is 20.2 Å². The maximum atomic E-state index is 10.8. The van der Waals surface area contributed by atoms with Gasteiger partial charge in [0.1, 0.15) is 13.1 Å². The van der Waals surface area contributed by atoms with Crippen molar-refractivity contribution in [1.82, 2.24) is 0 Å². The summed E-state index contributed by atoms with van der Waals surface area (Å²) in [4.78, 5) is 20.9. The first-order valence-electron chi connectivity index (χ1n) is 11.1. The minimum atomic E-state index is -0.365. The Balaban J connectivity index is 0.00000544. The Morgan fingerprint density at radius 1 is 0.588 bits per heavy atom. The van der Waals surface area contributed by atoms with Gasteiger partial charge in [0.2, 0.25) is 0 Å². The van der Waals surface area contributed by atoms with Gasteiger partial charge in [-0.2, -0.15) is 0 Å². The van der Waals surface area contributed by atoms with Crippen LogP contribution in [0.1, 0.15) is 36.8 Å². The van der Waals surface area contributed by atoms with Gasteiger partial charge in [0.05, 0.1) is 51.1 Å². The average molecular weight is 604 g/mol. The molecule has 0 fully saturated rings. The highest BCUT2D eigenvalue weighted by Crippen LogP contribution is 2.18. The number of benzene rings is 2. The molecule has 0 spiro atoms. The molecule has 0 amide bonds. The summed E-state index contributed by atoms with van der Waals surface area (Å²) in [5, 5.41) is 21.6. The van der Waals surface area contributed by atoms with Crippen LogP contribution in [0.25, 0.3) is 0 Å². The number of halogens is 2. The number of hydrogen-bond acceptors (Lipinski definition) is 4. The van der Waals surface area contributed by atoms with Gasteiger partial charge in [-0.15, -0.1) is 0 Å². The van der Waals surface area contributed by atoms with E-state index in [-0.39, 0.29) is 55.2 Å². The van der Waals surface area contributed by atoms with E-state index in [9.17, 15) is 20.2 Å². The molecule has 2 aromatic rings. The van der Waals surface area contributed by atoms with Crippen molar-refractivity contribution in [1.29, 1.82) is 0 Å². The molecule has 0 radical (unpaired) electrons. The minimum Gasteiger partial charge on any atom is -1.00 e. The Labute approximate surface area is 223 Å². The normalized spacial score (nSPS) is 11.3. The van der Waals surface area contributed by atoms with E-state index in [1.165, 1.54) is 12.8 Å². The van der Waals surface area contributed by atoms with Crippen molar-refractivity contribution >= 4 is 11.4 Å². The highest BCUT2D eigenvalue weighted by Gasteiger charge is 2.18. The van der Waals surface area contributed by atoms with E-state index >= 15 is 0 Å². The van der Waals surface area contributed by atoms with Crippen LogP contribution in [0.15, 0.2) is 48.5 Å². The third-order valence-electron chi connectivity index (χ3n) is 5.79. The zero-order chi connectivity index (χ0) is 23.8. The fraction of sp³-hybridized carbons (Fsp3) is 0.500. The van der Waals surface area contributed by atoms with Crippen LogP contribution in [0.5, 0.6) is 0 Å². The first kappa shape index (κ1) is 32.1. The monoisotopic (exact) mass is 602 g/mol. The lowest BCUT2D eigenvalue weighted by molar-refractivity contribution is -0.904. The number of quaternary nitrogens is 2. The zero-order valence-corrected chi connectivity index (χ0v) is 23.6. The van der Waals surface area contributed by atoms with Gasteiger partial charge in [0.25, 0.3) is 11.4 Å². The average Bonchev–Trinajstić information content (AvgIpc) is 2.70. The maximum Gasteiger partial charge on any atom is 0.269 e. The van der Waals surface area contributed by atoms with Crippen LogP contribution in [0.3, 0.4) is 0 Å². The lowest BCUT2D eigenvalue weighted by Gasteiger charge is -2.31. The number of nitro benzene ring substituents is 2. The molecule has 8 nitrogen and oxygen atoms in total. The van der Waals surface area contributed by atoms with E-state index < -0.39 is 0 Å². The molecule has 2 aromatic carbocycles. The van der Waals surface area contributed by atoms with Gasteiger partial charge in [0.15, 0.2) is 0 Å². The SMILES string of the molecule is C[N+](C)(CCCCCC[N+](C)(C)Cc1ccc([N+](=O)[O-])cc1)Cc1ccc([N+](=O)[O-])cc1.[Br-].[Br-]. The number of unbranched alkanes of at least 4 members (excludes halogenated alkanes) is 3. The molecule has 0 heterocycles. The van der Waals surface area contributed by atoms with Crippen molar-refractivity contribution in [2.45, 2.75) is 38.8 Å². The lowest BCUT2D eigenvalue weighted by atomic mass is 10.1. The molecule has 34 heavy (non-hydrogen) atoms. The van der Waals surface area contributed by atoms with E-state index in [0.717, 1.165) is 59.1 Å². The molecule has 190 valence electrons. The molecule has 0 saturated carbocycles. The highest BCUT2D eigenvalue weighted by molar-refractivity contribution is 5.33. The van der Waals surface area contributed by atoms with Crippen molar-refractivity contribution in [3.8, 4) is 0 Å². The summed E-state index contributed by atoms with van der Waals surface area (Å²) in [6.07, 6.45) is 4.66. The van der Waals surface area contributed by atoms with Crippen molar-refractivity contribution in [3.63, 3.8) is 0 Å². The third-order valence-corrected chi connectivity index (χ3v) is 5.79. The molecular formula is C24H36Br2N4O4. The molecule has 0 N–H and O–H groups in total.